The first-order valence-electron chi connectivity index (χ1n) is 5.28. The van der Waals surface area contributed by atoms with Crippen molar-refractivity contribution in [2.75, 3.05) is 18.8 Å². The molecular weight excluding hydrogens is 232 g/mol. The molecule has 0 aromatic heterocycles. The average Bonchev–Trinajstić information content (AvgIpc) is 1.98. The highest BCUT2D eigenvalue weighted by molar-refractivity contribution is 7.92. The van der Waals surface area contributed by atoms with Crippen molar-refractivity contribution in [2.45, 2.75) is 32.1 Å². The summed E-state index contributed by atoms with van der Waals surface area (Å²) in [7, 11) is -3.25. The van der Waals surface area contributed by atoms with Crippen molar-refractivity contribution in [2.24, 2.45) is 5.73 Å². The molecule has 0 spiro atoms. The highest BCUT2D eigenvalue weighted by Crippen LogP contribution is 2.13. The summed E-state index contributed by atoms with van der Waals surface area (Å²) in [5, 5.41) is 0. The van der Waals surface area contributed by atoms with Crippen molar-refractivity contribution in [3.8, 4) is 0 Å². The number of sulfonamides is 1. The molecule has 0 amide bonds. The lowest BCUT2D eigenvalue weighted by molar-refractivity contribution is 0.366. The van der Waals surface area contributed by atoms with E-state index in [2.05, 4.69) is 12.2 Å². The van der Waals surface area contributed by atoms with E-state index in [1.807, 2.05) is 0 Å². The van der Waals surface area contributed by atoms with E-state index in [1.165, 1.54) is 10.7 Å². The Kier molecular flexibility index (Phi) is 4.95. The van der Waals surface area contributed by atoms with Crippen molar-refractivity contribution < 1.29 is 8.42 Å². The van der Waals surface area contributed by atoms with E-state index in [4.69, 9.17) is 5.73 Å². The van der Waals surface area contributed by atoms with Gasteiger partial charge in [-0.2, -0.15) is 0 Å². The minimum absolute atomic E-state index is 0.0528. The fourth-order valence-electron chi connectivity index (χ4n) is 1.77. The summed E-state index contributed by atoms with van der Waals surface area (Å²) in [6.07, 6.45) is 5.31. The molecule has 0 saturated carbocycles. The van der Waals surface area contributed by atoms with E-state index >= 15 is 0 Å². The van der Waals surface area contributed by atoms with Gasteiger partial charge in [-0.15, -0.1) is 0 Å². The lowest BCUT2D eigenvalue weighted by atomic mass is 10.1. The molecule has 1 fully saturated rings. The van der Waals surface area contributed by atoms with E-state index in [1.54, 1.807) is 0 Å². The lowest BCUT2D eigenvalue weighted by Gasteiger charge is -2.23. The quantitative estimate of drug-likeness (QED) is 0.755. The summed E-state index contributed by atoms with van der Waals surface area (Å²) in [5.74, 6) is -0.192. The van der Waals surface area contributed by atoms with Gasteiger partial charge in [0.1, 0.15) is 5.75 Å². The van der Waals surface area contributed by atoms with Crippen LogP contribution in [0.25, 0.3) is 0 Å². The molecule has 15 heavy (non-hydrogen) atoms. The Hall–Kier alpha value is -0.200. The van der Waals surface area contributed by atoms with Crippen LogP contribution in [0.2, 0.25) is 0 Å². The van der Waals surface area contributed by atoms with Gasteiger partial charge in [0.05, 0.1) is 4.99 Å². The number of hydrogen-bond donors (Lipinski definition) is 1. The number of nitrogens with zero attached hydrogens (tertiary/aromatic N) is 1. The molecular formula is C9H18N2O2S2. The number of hydrogen-bond acceptors (Lipinski definition) is 3. The maximum Gasteiger partial charge on any atom is 0.220 e. The molecule has 4 nitrogen and oxygen atoms in total. The van der Waals surface area contributed by atoms with Gasteiger partial charge in [0.2, 0.25) is 10.0 Å². The summed E-state index contributed by atoms with van der Waals surface area (Å²) >= 11 is 4.65. The van der Waals surface area contributed by atoms with E-state index < -0.39 is 10.0 Å². The third-order valence-electron chi connectivity index (χ3n) is 2.53. The Bertz CT molecular complexity index is 306. The van der Waals surface area contributed by atoms with Crippen LogP contribution in [0.4, 0.5) is 0 Å². The summed E-state index contributed by atoms with van der Waals surface area (Å²) in [6.45, 7) is 1.23. The van der Waals surface area contributed by atoms with Gasteiger partial charge in [-0.05, 0) is 12.8 Å². The van der Waals surface area contributed by atoms with Crippen LogP contribution >= 0.6 is 12.2 Å². The van der Waals surface area contributed by atoms with Crippen LogP contribution in [-0.2, 0) is 10.0 Å². The average molecular weight is 250 g/mol. The third kappa shape index (κ3) is 4.44. The number of thiocarbonyl (C=S) groups is 1. The number of nitrogens with two attached hydrogens (primary N) is 1. The van der Waals surface area contributed by atoms with Crippen LogP contribution in [0.15, 0.2) is 0 Å². The summed E-state index contributed by atoms with van der Waals surface area (Å²) in [4.78, 5) is 0.0528. The summed E-state index contributed by atoms with van der Waals surface area (Å²) < 4.78 is 25.2. The molecule has 1 saturated heterocycles. The molecule has 1 heterocycles. The van der Waals surface area contributed by atoms with Crippen molar-refractivity contribution >= 4 is 27.2 Å². The lowest BCUT2D eigenvalue weighted by Crippen LogP contribution is -2.38. The molecule has 0 aromatic rings. The second kappa shape index (κ2) is 5.77. The van der Waals surface area contributed by atoms with Gasteiger partial charge in [-0.3, -0.25) is 0 Å². The molecule has 6 heteroatoms. The standard InChI is InChI=1S/C9H18N2O2S2/c10-9(14)8-15(12,13)11-6-4-2-1-3-5-7-11/h1-8H2,(H2,10,14). The van der Waals surface area contributed by atoms with E-state index in [-0.39, 0.29) is 10.7 Å². The van der Waals surface area contributed by atoms with Crippen LogP contribution < -0.4 is 5.73 Å². The van der Waals surface area contributed by atoms with Gasteiger partial charge in [0.15, 0.2) is 0 Å². The highest BCUT2D eigenvalue weighted by Gasteiger charge is 2.22. The Labute approximate surface area is 96.9 Å². The van der Waals surface area contributed by atoms with Crippen LogP contribution in [0.1, 0.15) is 32.1 Å². The van der Waals surface area contributed by atoms with Crippen LogP contribution in [-0.4, -0.2) is 36.6 Å². The SMILES string of the molecule is NC(=S)CS(=O)(=O)N1CCCCCCC1. The molecule has 0 aliphatic carbocycles. The monoisotopic (exact) mass is 250 g/mol. The third-order valence-corrected chi connectivity index (χ3v) is 4.69. The Morgan fingerprint density at radius 3 is 2.07 bits per heavy atom. The molecule has 2 N–H and O–H groups in total. The van der Waals surface area contributed by atoms with Gasteiger partial charge in [0.25, 0.3) is 0 Å². The molecule has 1 aliphatic rings. The van der Waals surface area contributed by atoms with Gasteiger partial charge in [0, 0.05) is 13.1 Å². The van der Waals surface area contributed by atoms with Crippen molar-refractivity contribution in [3.05, 3.63) is 0 Å². The van der Waals surface area contributed by atoms with Gasteiger partial charge >= 0.3 is 0 Å². The second-order valence-corrected chi connectivity index (χ2v) is 6.38. The minimum atomic E-state index is -3.25. The van der Waals surface area contributed by atoms with Gasteiger partial charge in [-0.1, -0.05) is 31.5 Å². The van der Waals surface area contributed by atoms with Crippen LogP contribution in [0.3, 0.4) is 0 Å². The number of rotatable bonds is 3. The largest absolute Gasteiger partial charge is 0.392 e. The van der Waals surface area contributed by atoms with Crippen molar-refractivity contribution in [1.82, 2.24) is 4.31 Å². The predicted octanol–water partition coefficient (Wildman–Crippen LogP) is 0.868. The fourth-order valence-corrected chi connectivity index (χ4v) is 3.57. The molecule has 0 bridgehead atoms. The zero-order chi connectivity index (χ0) is 11.3. The van der Waals surface area contributed by atoms with Gasteiger partial charge < -0.3 is 5.73 Å². The predicted molar refractivity (Wildman–Crippen MR) is 65.2 cm³/mol. The van der Waals surface area contributed by atoms with Crippen molar-refractivity contribution in [3.63, 3.8) is 0 Å². The second-order valence-electron chi connectivity index (χ2n) is 3.89. The van der Waals surface area contributed by atoms with Crippen LogP contribution in [0, 0.1) is 0 Å². The Morgan fingerprint density at radius 2 is 1.60 bits per heavy atom. The maximum absolute atomic E-state index is 11.8. The van der Waals surface area contributed by atoms with E-state index in [0.29, 0.717) is 13.1 Å². The molecule has 0 atom stereocenters. The van der Waals surface area contributed by atoms with E-state index in [9.17, 15) is 8.42 Å². The van der Waals surface area contributed by atoms with Gasteiger partial charge in [-0.25, -0.2) is 12.7 Å². The normalized spacial score (nSPS) is 20.5. The maximum atomic E-state index is 11.8. The first-order chi connectivity index (χ1) is 7.02. The summed E-state index contributed by atoms with van der Waals surface area (Å²) in [5.41, 5.74) is 5.28. The smallest absolute Gasteiger partial charge is 0.220 e. The van der Waals surface area contributed by atoms with Crippen molar-refractivity contribution in [1.29, 1.82) is 0 Å². The molecule has 0 aromatic carbocycles. The highest BCUT2D eigenvalue weighted by atomic mass is 32.2. The zero-order valence-electron chi connectivity index (χ0n) is 8.81. The molecule has 88 valence electrons. The Morgan fingerprint density at radius 1 is 1.13 bits per heavy atom. The molecule has 1 rings (SSSR count). The van der Waals surface area contributed by atoms with Crippen LogP contribution in [0.5, 0.6) is 0 Å². The molecule has 0 radical (unpaired) electrons. The first-order valence-corrected chi connectivity index (χ1v) is 7.30. The summed E-state index contributed by atoms with van der Waals surface area (Å²) in [6, 6.07) is 0. The topological polar surface area (TPSA) is 63.4 Å². The van der Waals surface area contributed by atoms with E-state index in [0.717, 1.165) is 25.7 Å². The zero-order valence-corrected chi connectivity index (χ0v) is 10.4. The Balaban J connectivity index is 2.62. The first kappa shape index (κ1) is 12.9. The molecule has 0 unspecified atom stereocenters. The minimum Gasteiger partial charge on any atom is -0.392 e. The molecule has 1 aliphatic heterocycles. The fraction of sp³-hybridized carbons (Fsp3) is 0.889.